The fourth-order valence-electron chi connectivity index (χ4n) is 1.02. The Kier molecular flexibility index (Phi) is 9.33. The summed E-state index contributed by atoms with van der Waals surface area (Å²) in [5, 5.41) is 0. The van der Waals surface area contributed by atoms with Gasteiger partial charge in [-0.2, -0.15) is 0 Å². The zero-order valence-corrected chi connectivity index (χ0v) is 11.4. The van der Waals surface area contributed by atoms with E-state index in [1.165, 1.54) is 0 Å². The van der Waals surface area contributed by atoms with Gasteiger partial charge in [0.1, 0.15) is 6.79 Å². The van der Waals surface area contributed by atoms with Crippen LogP contribution in [0.1, 0.15) is 6.42 Å². The number of hydrogen-bond acceptors (Lipinski definition) is 4. The molecule has 0 N–H and O–H groups in total. The largest absolute Gasteiger partial charge is 0.420 e. The van der Waals surface area contributed by atoms with Crippen LogP contribution >= 0.6 is 0 Å². The first-order valence-corrected chi connectivity index (χ1v) is 8.43. The predicted molar refractivity (Wildman–Crippen MR) is 62.6 cm³/mol. The molecule has 0 amide bonds. The molecule has 15 heavy (non-hydrogen) atoms. The third-order valence-corrected chi connectivity index (χ3v) is 4.88. The number of methoxy groups -OCH3 is 1. The van der Waals surface area contributed by atoms with Crippen molar-refractivity contribution < 1.29 is 18.6 Å². The summed E-state index contributed by atoms with van der Waals surface area (Å²) in [4.78, 5) is 0. The Morgan fingerprint density at radius 1 is 0.933 bits per heavy atom. The first kappa shape index (κ1) is 15.1. The van der Waals surface area contributed by atoms with Crippen molar-refractivity contribution in [2.24, 2.45) is 0 Å². The maximum absolute atomic E-state index is 5.43. The van der Waals surface area contributed by atoms with Crippen LogP contribution in [0.25, 0.3) is 0 Å². The quantitative estimate of drug-likeness (QED) is 0.330. The second kappa shape index (κ2) is 9.29. The van der Waals surface area contributed by atoms with Gasteiger partial charge in [-0.25, -0.2) is 0 Å². The summed E-state index contributed by atoms with van der Waals surface area (Å²) in [7, 11) is 2.05. The maximum atomic E-state index is 5.43. The molecule has 0 rings (SSSR count). The molecule has 0 aromatic heterocycles. The van der Waals surface area contributed by atoms with Gasteiger partial charge in [-0.1, -0.05) is 0 Å². The van der Waals surface area contributed by atoms with Crippen LogP contribution in [0.3, 0.4) is 0 Å². The van der Waals surface area contributed by atoms with Crippen molar-refractivity contribution in [3.05, 3.63) is 0 Å². The van der Waals surface area contributed by atoms with Crippen LogP contribution in [0.4, 0.5) is 0 Å². The summed E-state index contributed by atoms with van der Waals surface area (Å²) >= 11 is 0. The molecule has 0 unspecified atom stereocenters. The number of ether oxygens (including phenoxy) is 3. The van der Waals surface area contributed by atoms with Crippen molar-refractivity contribution in [1.82, 2.24) is 0 Å². The fraction of sp³-hybridized carbons (Fsp3) is 1.00. The Labute approximate surface area is 94.0 Å². The minimum absolute atomic E-state index is 0.359. The Hall–Kier alpha value is 0.0569. The average Bonchev–Trinajstić information content (AvgIpc) is 2.22. The van der Waals surface area contributed by atoms with Gasteiger partial charge in [0.05, 0.1) is 13.2 Å². The van der Waals surface area contributed by atoms with Gasteiger partial charge < -0.3 is 18.6 Å². The summed E-state index contributed by atoms with van der Waals surface area (Å²) in [5.74, 6) is 0. The first-order valence-electron chi connectivity index (χ1n) is 5.32. The van der Waals surface area contributed by atoms with Crippen molar-refractivity contribution >= 4 is 8.32 Å². The van der Waals surface area contributed by atoms with Crippen molar-refractivity contribution in [3.63, 3.8) is 0 Å². The third-order valence-electron chi connectivity index (χ3n) is 2.22. The Balaban J connectivity index is 3.11. The smallest absolute Gasteiger partial charge is 0.186 e. The van der Waals surface area contributed by atoms with Crippen LogP contribution in [0.2, 0.25) is 19.1 Å². The molecule has 0 bridgehead atoms. The standard InChI is InChI=1S/C10H24O4Si/c1-11-7-8-14-10-13-6-5-9-15(3,4)12-2/h5-10H2,1-4H3. The molecule has 5 heteroatoms. The molecule has 0 aromatic carbocycles. The summed E-state index contributed by atoms with van der Waals surface area (Å²) in [5.41, 5.74) is 0. The molecule has 92 valence electrons. The van der Waals surface area contributed by atoms with Crippen molar-refractivity contribution in [1.29, 1.82) is 0 Å². The van der Waals surface area contributed by atoms with Crippen molar-refractivity contribution in [2.75, 3.05) is 40.8 Å². The van der Waals surface area contributed by atoms with Gasteiger partial charge in [0.15, 0.2) is 8.32 Å². The topological polar surface area (TPSA) is 36.9 Å². The van der Waals surface area contributed by atoms with Crippen molar-refractivity contribution in [3.8, 4) is 0 Å². The molecule has 0 aliphatic rings. The zero-order chi connectivity index (χ0) is 11.6. The Morgan fingerprint density at radius 3 is 2.20 bits per heavy atom. The molecule has 0 heterocycles. The first-order chi connectivity index (χ1) is 7.12. The van der Waals surface area contributed by atoms with Crippen LogP contribution in [0.5, 0.6) is 0 Å². The van der Waals surface area contributed by atoms with Gasteiger partial charge in [-0.15, -0.1) is 0 Å². The van der Waals surface area contributed by atoms with E-state index in [0.717, 1.165) is 19.1 Å². The van der Waals surface area contributed by atoms with E-state index in [-0.39, 0.29) is 0 Å². The SMILES string of the molecule is COCCOCOCCC[Si](C)(C)OC. The predicted octanol–water partition coefficient (Wildman–Crippen LogP) is 1.87. The van der Waals surface area contributed by atoms with Crippen LogP contribution in [-0.4, -0.2) is 49.2 Å². The lowest BCUT2D eigenvalue weighted by Crippen LogP contribution is -2.28. The van der Waals surface area contributed by atoms with Gasteiger partial charge in [-0.05, 0) is 25.6 Å². The van der Waals surface area contributed by atoms with Gasteiger partial charge >= 0.3 is 0 Å². The monoisotopic (exact) mass is 236 g/mol. The van der Waals surface area contributed by atoms with E-state index in [9.17, 15) is 0 Å². The molecule has 0 spiro atoms. The van der Waals surface area contributed by atoms with Crippen LogP contribution in [-0.2, 0) is 18.6 Å². The highest BCUT2D eigenvalue weighted by Crippen LogP contribution is 2.11. The van der Waals surface area contributed by atoms with E-state index in [1.807, 2.05) is 0 Å². The zero-order valence-electron chi connectivity index (χ0n) is 10.4. The third kappa shape index (κ3) is 10.3. The van der Waals surface area contributed by atoms with Crippen LogP contribution in [0.15, 0.2) is 0 Å². The lowest BCUT2D eigenvalue weighted by molar-refractivity contribution is -0.0654. The van der Waals surface area contributed by atoms with E-state index in [4.69, 9.17) is 18.6 Å². The van der Waals surface area contributed by atoms with Gasteiger partial charge in [0.25, 0.3) is 0 Å². The molecule has 0 aliphatic carbocycles. The highest BCUT2D eigenvalue weighted by Gasteiger charge is 2.19. The molecule has 0 radical (unpaired) electrons. The molecule has 0 aromatic rings. The number of rotatable bonds is 10. The summed E-state index contributed by atoms with van der Waals surface area (Å²) in [6.45, 7) is 6.73. The maximum Gasteiger partial charge on any atom is 0.186 e. The molecule has 0 fully saturated rings. The molecule has 0 atom stereocenters. The lowest BCUT2D eigenvalue weighted by atomic mass is 10.5. The van der Waals surface area contributed by atoms with E-state index >= 15 is 0 Å². The van der Waals surface area contributed by atoms with E-state index in [2.05, 4.69) is 13.1 Å². The van der Waals surface area contributed by atoms with Crippen molar-refractivity contribution in [2.45, 2.75) is 25.6 Å². The summed E-state index contributed by atoms with van der Waals surface area (Å²) in [6.07, 6.45) is 1.04. The highest BCUT2D eigenvalue weighted by atomic mass is 28.4. The van der Waals surface area contributed by atoms with Gasteiger partial charge in [0.2, 0.25) is 0 Å². The van der Waals surface area contributed by atoms with E-state index in [1.54, 1.807) is 14.2 Å². The Morgan fingerprint density at radius 2 is 1.60 bits per heavy atom. The van der Waals surface area contributed by atoms with Gasteiger partial charge in [0, 0.05) is 20.8 Å². The molecule has 0 saturated heterocycles. The molecule has 0 aliphatic heterocycles. The summed E-state index contributed by atoms with van der Waals surface area (Å²) < 4.78 is 20.7. The second-order valence-electron chi connectivity index (χ2n) is 3.99. The average molecular weight is 236 g/mol. The highest BCUT2D eigenvalue weighted by molar-refractivity contribution is 6.71. The van der Waals surface area contributed by atoms with E-state index in [0.29, 0.717) is 20.0 Å². The van der Waals surface area contributed by atoms with Crippen LogP contribution < -0.4 is 0 Å². The normalized spacial score (nSPS) is 12.0. The lowest BCUT2D eigenvalue weighted by Gasteiger charge is -2.19. The minimum atomic E-state index is -1.40. The fourth-order valence-corrected chi connectivity index (χ4v) is 2.22. The molecule has 0 saturated carbocycles. The minimum Gasteiger partial charge on any atom is -0.420 e. The number of hydrogen-bond donors (Lipinski definition) is 0. The molecule has 4 nitrogen and oxygen atoms in total. The Bertz CT molecular complexity index is 141. The van der Waals surface area contributed by atoms with E-state index < -0.39 is 8.32 Å². The molecular formula is C10H24O4Si. The van der Waals surface area contributed by atoms with Gasteiger partial charge in [-0.3, -0.25) is 0 Å². The second-order valence-corrected chi connectivity index (χ2v) is 8.42. The molecular weight excluding hydrogens is 212 g/mol. The summed E-state index contributed by atoms with van der Waals surface area (Å²) in [6, 6.07) is 1.13. The van der Waals surface area contributed by atoms with Crippen LogP contribution in [0, 0.1) is 0 Å².